The van der Waals surface area contributed by atoms with E-state index >= 15 is 0 Å². The van der Waals surface area contributed by atoms with Crippen molar-refractivity contribution >= 4 is 0 Å². The van der Waals surface area contributed by atoms with Gasteiger partial charge in [0, 0.05) is 0 Å². The Hall–Kier alpha value is -2.48. The Kier molecular flexibility index (Phi) is 7.40. The van der Waals surface area contributed by atoms with Crippen molar-refractivity contribution in [1.82, 2.24) is 0 Å². The third-order valence-electron chi connectivity index (χ3n) is 7.59. The van der Waals surface area contributed by atoms with Crippen LogP contribution in [0.1, 0.15) is 98.3 Å². The molecule has 2 heteroatoms. The smallest absolute Gasteiger partial charge is 0.122 e. The maximum Gasteiger partial charge on any atom is 0.122 e. The Balaban J connectivity index is 1.83. The number of hydrogen-bond acceptors (Lipinski definition) is 2. The van der Waals surface area contributed by atoms with Crippen LogP contribution in [-0.4, -0.2) is 10.2 Å². The van der Waals surface area contributed by atoms with Crippen LogP contribution in [0.25, 0.3) is 11.1 Å². The van der Waals surface area contributed by atoms with Crippen LogP contribution in [0, 0.1) is 0 Å². The Labute approximate surface area is 193 Å². The minimum absolute atomic E-state index is 0.426. The SMILES string of the molecule is C=CCc1cc(-c2cc(CC=C)c(O)c(C3CCCCC3)c2)cc(C2CCCCC2)c1O. The van der Waals surface area contributed by atoms with Crippen molar-refractivity contribution in [1.29, 1.82) is 0 Å². The van der Waals surface area contributed by atoms with Crippen LogP contribution in [0.15, 0.2) is 49.6 Å². The lowest BCUT2D eigenvalue weighted by atomic mass is 9.80. The zero-order valence-electron chi connectivity index (χ0n) is 19.4. The Morgan fingerprint density at radius 3 is 1.34 bits per heavy atom. The molecular weight excluding hydrogens is 392 g/mol. The monoisotopic (exact) mass is 430 g/mol. The van der Waals surface area contributed by atoms with E-state index in [1.807, 2.05) is 12.2 Å². The fourth-order valence-corrected chi connectivity index (χ4v) is 5.84. The summed E-state index contributed by atoms with van der Waals surface area (Å²) in [6, 6.07) is 8.68. The van der Waals surface area contributed by atoms with Gasteiger partial charge in [-0.1, -0.05) is 50.7 Å². The molecule has 2 aliphatic rings. The second kappa shape index (κ2) is 10.4. The van der Waals surface area contributed by atoms with Crippen molar-refractivity contribution in [3.8, 4) is 22.6 Å². The van der Waals surface area contributed by atoms with Crippen molar-refractivity contribution in [2.75, 3.05) is 0 Å². The first-order valence-corrected chi connectivity index (χ1v) is 12.6. The highest BCUT2D eigenvalue weighted by molar-refractivity contribution is 5.71. The molecule has 2 aromatic carbocycles. The molecule has 0 atom stereocenters. The van der Waals surface area contributed by atoms with Gasteiger partial charge in [-0.15, -0.1) is 13.2 Å². The molecule has 0 saturated heterocycles. The topological polar surface area (TPSA) is 40.5 Å². The molecule has 0 radical (unpaired) electrons. The summed E-state index contributed by atoms with van der Waals surface area (Å²) in [7, 11) is 0. The van der Waals surface area contributed by atoms with Crippen LogP contribution in [0.3, 0.4) is 0 Å². The van der Waals surface area contributed by atoms with Gasteiger partial charge in [0.05, 0.1) is 0 Å². The van der Waals surface area contributed by atoms with Gasteiger partial charge in [0.15, 0.2) is 0 Å². The lowest BCUT2D eigenvalue weighted by Crippen LogP contribution is -2.07. The molecule has 32 heavy (non-hydrogen) atoms. The third kappa shape index (κ3) is 4.80. The van der Waals surface area contributed by atoms with Crippen molar-refractivity contribution in [3.05, 3.63) is 71.8 Å². The van der Waals surface area contributed by atoms with Gasteiger partial charge >= 0.3 is 0 Å². The summed E-state index contributed by atoms with van der Waals surface area (Å²) in [6.45, 7) is 7.82. The average Bonchev–Trinajstić information content (AvgIpc) is 2.83. The summed E-state index contributed by atoms with van der Waals surface area (Å²) in [5.74, 6) is 1.76. The molecule has 2 saturated carbocycles. The van der Waals surface area contributed by atoms with E-state index in [2.05, 4.69) is 37.4 Å². The van der Waals surface area contributed by atoms with Crippen molar-refractivity contribution in [2.45, 2.75) is 88.9 Å². The second-order valence-corrected chi connectivity index (χ2v) is 9.80. The molecule has 0 bridgehead atoms. The predicted octanol–water partition coefficient (Wildman–Crippen LogP) is 8.32. The quantitative estimate of drug-likeness (QED) is 0.434. The molecule has 2 nitrogen and oxygen atoms in total. The van der Waals surface area contributed by atoms with Gasteiger partial charge in [-0.3, -0.25) is 0 Å². The summed E-state index contributed by atoms with van der Waals surface area (Å²) < 4.78 is 0. The number of aromatic hydroxyl groups is 2. The van der Waals surface area contributed by atoms with E-state index < -0.39 is 0 Å². The van der Waals surface area contributed by atoms with Crippen LogP contribution in [-0.2, 0) is 12.8 Å². The maximum atomic E-state index is 11.1. The molecule has 0 aromatic heterocycles. The summed E-state index contributed by atoms with van der Waals surface area (Å²) in [4.78, 5) is 0. The molecule has 2 N–H and O–H groups in total. The first-order valence-electron chi connectivity index (χ1n) is 12.6. The Morgan fingerprint density at radius 1 is 0.625 bits per heavy atom. The second-order valence-electron chi connectivity index (χ2n) is 9.80. The number of benzene rings is 2. The molecule has 170 valence electrons. The minimum Gasteiger partial charge on any atom is -0.507 e. The molecule has 2 fully saturated rings. The van der Waals surface area contributed by atoms with E-state index in [0.29, 0.717) is 36.2 Å². The van der Waals surface area contributed by atoms with E-state index in [4.69, 9.17) is 0 Å². The van der Waals surface area contributed by atoms with Crippen LogP contribution < -0.4 is 0 Å². The lowest BCUT2D eigenvalue weighted by molar-refractivity contribution is 0.411. The number of rotatable bonds is 7. The van der Waals surface area contributed by atoms with Gasteiger partial charge in [0.1, 0.15) is 11.5 Å². The molecule has 2 aromatic rings. The minimum atomic E-state index is 0.426. The number of allylic oxidation sites excluding steroid dienone is 2. The molecule has 0 amide bonds. The molecule has 0 heterocycles. The molecule has 4 rings (SSSR count). The van der Waals surface area contributed by atoms with Gasteiger partial charge in [0.2, 0.25) is 0 Å². The number of phenols is 2. The zero-order chi connectivity index (χ0) is 22.5. The molecule has 0 unspecified atom stereocenters. The third-order valence-corrected chi connectivity index (χ3v) is 7.59. The first kappa shape index (κ1) is 22.7. The molecular formula is C30H38O2. The van der Waals surface area contributed by atoms with Gasteiger partial charge in [0.25, 0.3) is 0 Å². The normalized spacial score (nSPS) is 17.9. The Morgan fingerprint density at radius 2 is 1.00 bits per heavy atom. The van der Waals surface area contributed by atoms with Crippen molar-refractivity contribution < 1.29 is 10.2 Å². The van der Waals surface area contributed by atoms with Crippen molar-refractivity contribution in [3.63, 3.8) is 0 Å². The highest BCUT2D eigenvalue weighted by Gasteiger charge is 2.24. The van der Waals surface area contributed by atoms with Crippen LogP contribution in [0.2, 0.25) is 0 Å². The van der Waals surface area contributed by atoms with E-state index in [1.54, 1.807) is 0 Å². The standard InChI is InChI=1S/C30H38O2/c1-3-11-23-17-25(19-27(29(23)31)21-13-7-5-8-14-21)26-18-24(12-4-2)30(32)28(20-26)22-15-9-6-10-16-22/h3-4,17-22,31-32H,1-2,5-16H2. The summed E-state index contributed by atoms with van der Waals surface area (Å²) in [5.41, 5.74) is 6.38. The van der Waals surface area contributed by atoms with E-state index in [1.165, 1.54) is 38.5 Å². The maximum absolute atomic E-state index is 11.1. The van der Waals surface area contributed by atoms with Crippen molar-refractivity contribution in [2.24, 2.45) is 0 Å². The van der Waals surface area contributed by atoms with Gasteiger partial charge in [-0.25, -0.2) is 0 Å². The molecule has 2 aliphatic carbocycles. The Bertz CT molecular complexity index is 880. The molecule has 0 spiro atoms. The van der Waals surface area contributed by atoms with Crippen LogP contribution in [0.4, 0.5) is 0 Å². The lowest BCUT2D eigenvalue weighted by Gasteiger charge is -2.26. The van der Waals surface area contributed by atoms with Gasteiger partial charge in [-0.05, 0) is 108 Å². The van der Waals surface area contributed by atoms with E-state index in [0.717, 1.165) is 59.1 Å². The van der Waals surface area contributed by atoms with Gasteiger partial charge < -0.3 is 10.2 Å². The summed E-state index contributed by atoms with van der Waals surface area (Å²) >= 11 is 0. The highest BCUT2D eigenvalue weighted by atomic mass is 16.3. The fourth-order valence-electron chi connectivity index (χ4n) is 5.84. The summed E-state index contributed by atoms with van der Waals surface area (Å²) in [6.07, 6.45) is 17.2. The summed E-state index contributed by atoms with van der Waals surface area (Å²) in [5, 5.41) is 22.2. The van der Waals surface area contributed by atoms with E-state index in [-0.39, 0.29) is 0 Å². The predicted molar refractivity (Wildman–Crippen MR) is 135 cm³/mol. The highest BCUT2D eigenvalue weighted by Crippen LogP contribution is 2.44. The number of phenolic OH excluding ortho intramolecular Hbond substituents is 2. The zero-order valence-corrected chi connectivity index (χ0v) is 19.4. The molecule has 0 aliphatic heterocycles. The first-order chi connectivity index (χ1) is 15.6. The average molecular weight is 431 g/mol. The van der Waals surface area contributed by atoms with E-state index in [9.17, 15) is 10.2 Å². The van der Waals surface area contributed by atoms with Crippen LogP contribution in [0.5, 0.6) is 11.5 Å². The fraction of sp³-hybridized carbons (Fsp3) is 0.467. The van der Waals surface area contributed by atoms with Crippen LogP contribution >= 0.6 is 0 Å². The van der Waals surface area contributed by atoms with Gasteiger partial charge in [-0.2, -0.15) is 0 Å². The largest absolute Gasteiger partial charge is 0.507 e. The number of hydrogen-bond donors (Lipinski definition) is 2.